The first-order chi connectivity index (χ1) is 13.9. The molecule has 29 heavy (non-hydrogen) atoms. The van der Waals surface area contributed by atoms with Crippen LogP contribution in [0, 0.1) is 21.4 Å². The number of nitrogens with one attached hydrogen (secondary N) is 2. The van der Waals surface area contributed by atoms with E-state index in [9.17, 15) is 24.5 Å². The number of amides is 4. The molecule has 0 aromatic heterocycles. The van der Waals surface area contributed by atoms with Crippen LogP contribution in [0.5, 0.6) is 0 Å². The highest BCUT2D eigenvalue weighted by Gasteiger charge is 2.36. The molecule has 0 radical (unpaired) electrons. The largest absolute Gasteiger partial charge is 0.330 e. The third-order valence-electron chi connectivity index (χ3n) is 4.31. The summed E-state index contributed by atoms with van der Waals surface area (Å²) < 4.78 is 0. The maximum Gasteiger partial charge on any atom is 0.325 e. The number of urea groups is 1. The van der Waals surface area contributed by atoms with Gasteiger partial charge in [0, 0.05) is 11.8 Å². The summed E-state index contributed by atoms with van der Waals surface area (Å²) in [6.07, 6.45) is -0.214. The maximum atomic E-state index is 12.4. The second kappa shape index (κ2) is 8.18. The molecule has 10 nitrogen and oxygen atoms in total. The summed E-state index contributed by atoms with van der Waals surface area (Å²) in [5.74, 6) is -1.24. The highest BCUT2D eigenvalue weighted by Crippen LogP contribution is 2.29. The zero-order valence-corrected chi connectivity index (χ0v) is 15.0. The van der Waals surface area contributed by atoms with Gasteiger partial charge in [0.1, 0.15) is 6.54 Å². The number of hydrogen-bond donors (Lipinski definition) is 2. The van der Waals surface area contributed by atoms with Crippen molar-refractivity contribution in [2.45, 2.75) is 12.5 Å². The van der Waals surface area contributed by atoms with Gasteiger partial charge in [0.2, 0.25) is 11.8 Å². The Hall–Kier alpha value is -4.26. The van der Waals surface area contributed by atoms with Gasteiger partial charge in [0.15, 0.2) is 0 Å². The van der Waals surface area contributed by atoms with Crippen molar-refractivity contribution >= 4 is 29.2 Å². The second-order valence-corrected chi connectivity index (χ2v) is 6.24. The summed E-state index contributed by atoms with van der Waals surface area (Å²) >= 11 is 0. The fourth-order valence-corrected chi connectivity index (χ4v) is 2.98. The van der Waals surface area contributed by atoms with E-state index in [1.165, 1.54) is 24.3 Å². The molecule has 0 aliphatic carbocycles. The molecule has 0 unspecified atom stereocenters. The zero-order valence-electron chi connectivity index (χ0n) is 15.0. The number of carbonyl (C=O) groups excluding carboxylic acids is 3. The average molecular weight is 393 g/mol. The lowest BCUT2D eigenvalue weighted by molar-refractivity contribution is -0.385. The van der Waals surface area contributed by atoms with Crippen LogP contribution in [0.2, 0.25) is 0 Å². The summed E-state index contributed by atoms with van der Waals surface area (Å²) in [6.45, 7) is -0.523. The van der Waals surface area contributed by atoms with E-state index in [1.54, 1.807) is 24.3 Å². The minimum Gasteiger partial charge on any atom is -0.330 e. The van der Waals surface area contributed by atoms with Crippen LogP contribution in [0.1, 0.15) is 23.6 Å². The fraction of sp³-hybridized carbons (Fsp3) is 0.158. The van der Waals surface area contributed by atoms with E-state index in [2.05, 4.69) is 10.6 Å². The molecule has 1 heterocycles. The highest BCUT2D eigenvalue weighted by atomic mass is 16.6. The van der Waals surface area contributed by atoms with Gasteiger partial charge in [-0.15, -0.1) is 0 Å². The van der Waals surface area contributed by atoms with Crippen LogP contribution in [-0.4, -0.2) is 34.2 Å². The number of carbonyl (C=O) groups is 3. The van der Waals surface area contributed by atoms with E-state index in [4.69, 9.17) is 5.26 Å². The van der Waals surface area contributed by atoms with E-state index >= 15 is 0 Å². The third kappa shape index (κ3) is 4.36. The molecule has 0 spiro atoms. The first-order valence-electron chi connectivity index (χ1n) is 8.53. The van der Waals surface area contributed by atoms with Crippen LogP contribution in [0.3, 0.4) is 0 Å². The van der Waals surface area contributed by atoms with Gasteiger partial charge in [0.25, 0.3) is 5.69 Å². The fourth-order valence-electron chi connectivity index (χ4n) is 2.98. The SMILES string of the molecule is N#Cc1cccc(NC(=O)CN2C(=O)C[C@@H](c3ccccc3[N+](=O)[O-])NC2=O)c1. The summed E-state index contributed by atoms with van der Waals surface area (Å²) in [4.78, 5) is 48.3. The Labute approximate surface area is 164 Å². The molecule has 1 saturated heterocycles. The van der Waals surface area contributed by atoms with Crippen molar-refractivity contribution in [3.8, 4) is 6.07 Å². The minimum absolute atomic E-state index is 0.200. The molecule has 1 atom stereocenters. The van der Waals surface area contributed by atoms with Crippen molar-refractivity contribution in [2.75, 3.05) is 11.9 Å². The van der Waals surface area contributed by atoms with Gasteiger partial charge < -0.3 is 10.6 Å². The van der Waals surface area contributed by atoms with Crippen molar-refractivity contribution in [1.82, 2.24) is 10.2 Å². The Bertz CT molecular complexity index is 1030. The van der Waals surface area contributed by atoms with Crippen molar-refractivity contribution in [1.29, 1.82) is 5.26 Å². The predicted molar refractivity (Wildman–Crippen MR) is 100 cm³/mol. The topological polar surface area (TPSA) is 145 Å². The lowest BCUT2D eigenvalue weighted by atomic mass is 9.99. The van der Waals surface area contributed by atoms with Crippen molar-refractivity contribution in [3.63, 3.8) is 0 Å². The van der Waals surface area contributed by atoms with Gasteiger partial charge >= 0.3 is 6.03 Å². The Morgan fingerprint density at radius 3 is 2.72 bits per heavy atom. The molecule has 0 bridgehead atoms. The number of nitriles is 1. The van der Waals surface area contributed by atoms with E-state index < -0.39 is 35.4 Å². The zero-order chi connectivity index (χ0) is 21.0. The van der Waals surface area contributed by atoms with Crippen molar-refractivity contribution in [2.24, 2.45) is 0 Å². The molecule has 2 aromatic rings. The number of nitro benzene ring substituents is 1. The van der Waals surface area contributed by atoms with E-state index in [1.807, 2.05) is 6.07 Å². The Morgan fingerprint density at radius 2 is 2.03 bits per heavy atom. The summed E-state index contributed by atoms with van der Waals surface area (Å²) in [5, 5.41) is 25.1. The Balaban J connectivity index is 1.69. The molecular formula is C19H15N5O5. The summed E-state index contributed by atoms with van der Waals surface area (Å²) in [7, 11) is 0. The molecule has 0 saturated carbocycles. The first kappa shape index (κ1) is 19.5. The van der Waals surface area contributed by atoms with Crippen LogP contribution in [0.25, 0.3) is 0 Å². The molecule has 1 fully saturated rings. The van der Waals surface area contributed by atoms with Crippen LogP contribution < -0.4 is 10.6 Å². The van der Waals surface area contributed by atoms with Crippen LogP contribution in [0.15, 0.2) is 48.5 Å². The number of hydrogen-bond acceptors (Lipinski definition) is 6. The van der Waals surface area contributed by atoms with Gasteiger partial charge in [-0.3, -0.25) is 24.6 Å². The number of anilines is 1. The molecule has 3 rings (SSSR count). The lowest BCUT2D eigenvalue weighted by Crippen LogP contribution is -2.53. The number of para-hydroxylation sites is 1. The van der Waals surface area contributed by atoms with Crippen LogP contribution in [-0.2, 0) is 9.59 Å². The van der Waals surface area contributed by atoms with Crippen LogP contribution >= 0.6 is 0 Å². The number of benzene rings is 2. The van der Waals surface area contributed by atoms with Crippen molar-refractivity contribution in [3.05, 3.63) is 69.8 Å². The normalized spacial score (nSPS) is 16.0. The molecule has 10 heteroatoms. The van der Waals surface area contributed by atoms with Gasteiger partial charge in [-0.05, 0) is 18.2 Å². The Kier molecular flexibility index (Phi) is 5.50. The predicted octanol–water partition coefficient (Wildman–Crippen LogP) is 2.09. The summed E-state index contributed by atoms with van der Waals surface area (Å²) in [6, 6.07) is 12.3. The quantitative estimate of drug-likeness (QED) is 0.587. The number of imide groups is 1. The number of rotatable bonds is 5. The number of nitrogens with zero attached hydrogens (tertiary/aromatic N) is 3. The van der Waals surface area contributed by atoms with Gasteiger partial charge in [-0.2, -0.15) is 5.26 Å². The molecule has 146 valence electrons. The first-order valence-corrected chi connectivity index (χ1v) is 8.53. The average Bonchev–Trinajstić information content (AvgIpc) is 2.70. The second-order valence-electron chi connectivity index (χ2n) is 6.24. The van der Waals surface area contributed by atoms with Crippen LogP contribution in [0.4, 0.5) is 16.2 Å². The lowest BCUT2D eigenvalue weighted by Gasteiger charge is -2.30. The molecule has 2 N–H and O–H groups in total. The number of nitro groups is 1. The summed E-state index contributed by atoms with van der Waals surface area (Å²) in [5.41, 5.74) is 0.726. The smallest absolute Gasteiger partial charge is 0.325 e. The minimum atomic E-state index is -0.858. The van der Waals surface area contributed by atoms with E-state index in [0.29, 0.717) is 11.3 Å². The maximum absolute atomic E-state index is 12.4. The highest BCUT2D eigenvalue weighted by molar-refractivity contribution is 6.03. The van der Waals surface area contributed by atoms with E-state index in [0.717, 1.165) is 4.90 Å². The standard InChI is InChI=1S/C19H15N5O5/c20-10-12-4-3-5-13(8-12)21-17(25)11-23-18(26)9-15(22-19(23)27)14-6-1-2-7-16(14)24(28)29/h1-8,15H,9,11H2,(H,21,25)(H,22,27)/t15-/m0/s1. The van der Waals surface area contributed by atoms with Gasteiger partial charge in [-0.1, -0.05) is 24.3 Å². The Morgan fingerprint density at radius 1 is 1.28 bits per heavy atom. The van der Waals surface area contributed by atoms with Gasteiger partial charge in [0.05, 0.1) is 34.6 Å². The molecule has 1 aliphatic rings. The molecule has 4 amide bonds. The monoisotopic (exact) mass is 393 g/mol. The molecule has 2 aromatic carbocycles. The molecular weight excluding hydrogens is 378 g/mol. The third-order valence-corrected chi connectivity index (χ3v) is 4.31. The molecule has 1 aliphatic heterocycles. The van der Waals surface area contributed by atoms with Gasteiger partial charge in [-0.25, -0.2) is 4.79 Å². The van der Waals surface area contributed by atoms with E-state index in [-0.39, 0.29) is 17.7 Å². The van der Waals surface area contributed by atoms with Crippen molar-refractivity contribution < 1.29 is 19.3 Å².